The quantitative estimate of drug-likeness (QED) is 0.176. The predicted octanol–water partition coefficient (Wildman–Crippen LogP) is 3.94. The third-order valence-electron chi connectivity index (χ3n) is 5.04. The highest BCUT2D eigenvalue weighted by Crippen LogP contribution is 2.18. The van der Waals surface area contributed by atoms with Crippen molar-refractivity contribution in [2.45, 2.75) is 43.9 Å². The number of hydrogen-bond donors (Lipinski definition) is 3. The number of anilines is 2. The molecule has 0 spiro atoms. The van der Waals surface area contributed by atoms with Crippen LogP contribution in [-0.4, -0.2) is 37.2 Å². The molecule has 37 heavy (non-hydrogen) atoms. The monoisotopic (exact) mass is 544 g/mol. The molecular weight excluding hydrogens is 516 g/mol. The van der Waals surface area contributed by atoms with E-state index in [1.807, 2.05) is 30.3 Å². The van der Waals surface area contributed by atoms with E-state index in [9.17, 15) is 18.0 Å². The van der Waals surface area contributed by atoms with Crippen molar-refractivity contribution in [2.24, 2.45) is 0 Å². The molecule has 0 saturated heterocycles. The van der Waals surface area contributed by atoms with Crippen molar-refractivity contribution in [3.8, 4) is 0 Å². The number of ether oxygens (including phenoxy) is 1. The van der Waals surface area contributed by atoms with Gasteiger partial charge in [0.1, 0.15) is 5.76 Å². The largest absolute Gasteiger partial charge is 0.466 e. The number of carbonyl (C=O) groups is 2. The SMILES string of the molecule is Cc1cc(NS(=O)(=O)c2ccc(NC(=S)NC(=O)CCCC(=O)OCCCc3ccccc3)cc2)no1. The van der Waals surface area contributed by atoms with Crippen molar-refractivity contribution in [2.75, 3.05) is 16.6 Å². The number of benzene rings is 2. The molecule has 12 heteroatoms. The molecule has 196 valence electrons. The van der Waals surface area contributed by atoms with E-state index in [2.05, 4.69) is 20.5 Å². The van der Waals surface area contributed by atoms with Gasteiger partial charge in [-0.15, -0.1) is 0 Å². The van der Waals surface area contributed by atoms with Gasteiger partial charge in [0.05, 0.1) is 11.5 Å². The maximum Gasteiger partial charge on any atom is 0.305 e. The Hall–Kier alpha value is -3.77. The number of amides is 1. The van der Waals surface area contributed by atoms with E-state index in [-0.39, 0.29) is 40.5 Å². The van der Waals surface area contributed by atoms with Crippen molar-refractivity contribution < 1.29 is 27.3 Å². The van der Waals surface area contributed by atoms with Crippen LogP contribution in [-0.2, 0) is 30.8 Å². The van der Waals surface area contributed by atoms with Gasteiger partial charge in [0.25, 0.3) is 10.0 Å². The van der Waals surface area contributed by atoms with E-state index in [1.54, 1.807) is 6.92 Å². The lowest BCUT2D eigenvalue weighted by Crippen LogP contribution is -2.34. The smallest absolute Gasteiger partial charge is 0.305 e. The van der Waals surface area contributed by atoms with Crippen molar-refractivity contribution in [1.29, 1.82) is 0 Å². The fourth-order valence-corrected chi connectivity index (χ4v) is 4.47. The first-order chi connectivity index (χ1) is 17.7. The van der Waals surface area contributed by atoms with Crippen molar-refractivity contribution in [1.82, 2.24) is 10.5 Å². The van der Waals surface area contributed by atoms with E-state index in [0.717, 1.165) is 12.8 Å². The first-order valence-electron chi connectivity index (χ1n) is 11.6. The lowest BCUT2D eigenvalue weighted by molar-refractivity contribution is -0.143. The van der Waals surface area contributed by atoms with Crippen LogP contribution in [0, 0.1) is 6.92 Å². The fraction of sp³-hybridized carbons (Fsp3) is 0.280. The van der Waals surface area contributed by atoms with Crippen LogP contribution in [0.5, 0.6) is 0 Å². The highest BCUT2D eigenvalue weighted by Gasteiger charge is 2.16. The zero-order chi connectivity index (χ0) is 26.7. The minimum Gasteiger partial charge on any atom is -0.466 e. The average Bonchev–Trinajstić information content (AvgIpc) is 3.26. The van der Waals surface area contributed by atoms with E-state index in [0.29, 0.717) is 24.5 Å². The van der Waals surface area contributed by atoms with E-state index < -0.39 is 10.0 Å². The number of hydrogen-bond acceptors (Lipinski definition) is 8. The maximum absolute atomic E-state index is 12.4. The number of nitrogens with zero attached hydrogens (tertiary/aromatic N) is 1. The molecule has 0 atom stereocenters. The molecular formula is C25H28N4O6S2. The van der Waals surface area contributed by atoms with Crippen LogP contribution in [0.15, 0.2) is 70.1 Å². The highest BCUT2D eigenvalue weighted by atomic mass is 32.2. The summed E-state index contributed by atoms with van der Waals surface area (Å²) < 4.78 is 37.3. The third-order valence-corrected chi connectivity index (χ3v) is 6.62. The van der Waals surface area contributed by atoms with Gasteiger partial charge >= 0.3 is 5.97 Å². The Morgan fingerprint density at radius 2 is 1.76 bits per heavy atom. The van der Waals surface area contributed by atoms with Crippen LogP contribution in [0.3, 0.4) is 0 Å². The summed E-state index contributed by atoms with van der Waals surface area (Å²) >= 11 is 5.14. The number of nitrogens with one attached hydrogen (secondary N) is 3. The Bertz CT molecular complexity index is 1310. The molecule has 1 aromatic heterocycles. The summed E-state index contributed by atoms with van der Waals surface area (Å²) in [5.41, 5.74) is 1.68. The number of aryl methyl sites for hydroxylation is 2. The van der Waals surface area contributed by atoms with Crippen LogP contribution in [0.4, 0.5) is 11.5 Å². The van der Waals surface area contributed by atoms with Crippen LogP contribution in [0.25, 0.3) is 0 Å². The Labute approximate surface area is 220 Å². The van der Waals surface area contributed by atoms with Gasteiger partial charge in [-0.05, 0) is 68.2 Å². The highest BCUT2D eigenvalue weighted by molar-refractivity contribution is 7.92. The molecule has 0 saturated carbocycles. The molecule has 3 rings (SSSR count). The molecule has 1 heterocycles. The van der Waals surface area contributed by atoms with Crippen LogP contribution in [0.2, 0.25) is 0 Å². The Kier molecular flexibility index (Phi) is 10.2. The summed E-state index contributed by atoms with van der Waals surface area (Å²) in [5.74, 6) is -0.132. The summed E-state index contributed by atoms with van der Waals surface area (Å²) in [4.78, 5) is 24.0. The van der Waals surface area contributed by atoms with Gasteiger partial charge in [-0.2, -0.15) is 0 Å². The molecule has 3 N–H and O–H groups in total. The second kappa shape index (κ2) is 13.5. The van der Waals surface area contributed by atoms with Crippen molar-refractivity contribution >= 4 is 50.7 Å². The van der Waals surface area contributed by atoms with Crippen LogP contribution < -0.4 is 15.4 Å². The standard InChI is InChI=1S/C25H28N4O6S2/c1-18-17-22(28-35-18)29-37(32,33)21-14-12-20(13-15-21)26-25(36)27-23(30)10-5-11-24(31)34-16-6-9-19-7-3-2-4-8-19/h2-4,7-8,12-15,17H,5-6,9-11,16H2,1H3,(H,28,29)(H2,26,27,30,36). The number of thiocarbonyl (C=S) groups is 1. The topological polar surface area (TPSA) is 140 Å². The van der Waals surface area contributed by atoms with Gasteiger partial charge in [-0.25, -0.2) is 8.42 Å². The molecule has 0 aliphatic carbocycles. The zero-order valence-corrected chi connectivity index (χ0v) is 21.9. The molecule has 0 fully saturated rings. The average molecular weight is 545 g/mol. The lowest BCUT2D eigenvalue weighted by atomic mass is 10.1. The normalized spacial score (nSPS) is 10.9. The Balaban J connectivity index is 1.32. The fourth-order valence-electron chi connectivity index (χ4n) is 3.25. The molecule has 10 nitrogen and oxygen atoms in total. The minimum absolute atomic E-state index is 0.0145. The van der Waals surface area contributed by atoms with Crippen LogP contribution in [0.1, 0.15) is 37.0 Å². The van der Waals surface area contributed by atoms with Gasteiger partial charge in [0, 0.05) is 24.6 Å². The minimum atomic E-state index is -3.84. The van der Waals surface area contributed by atoms with Crippen molar-refractivity contribution in [3.05, 3.63) is 72.0 Å². The first-order valence-corrected chi connectivity index (χ1v) is 13.5. The number of aromatic nitrogens is 1. The molecule has 1 amide bonds. The molecule has 2 aromatic carbocycles. The van der Waals surface area contributed by atoms with E-state index >= 15 is 0 Å². The lowest BCUT2D eigenvalue weighted by Gasteiger charge is -2.10. The van der Waals surface area contributed by atoms with Gasteiger partial charge in [-0.3, -0.25) is 14.3 Å². The van der Waals surface area contributed by atoms with Gasteiger partial charge in [0.2, 0.25) is 5.91 Å². The van der Waals surface area contributed by atoms with Crippen LogP contribution >= 0.6 is 12.2 Å². The first kappa shape index (κ1) is 27.8. The summed E-state index contributed by atoms with van der Waals surface area (Å²) in [6.45, 7) is 1.99. The molecule has 0 aliphatic heterocycles. The maximum atomic E-state index is 12.4. The van der Waals surface area contributed by atoms with Gasteiger partial charge in [0.15, 0.2) is 10.9 Å². The molecule has 0 aliphatic rings. The summed E-state index contributed by atoms with van der Waals surface area (Å²) in [6.07, 6.45) is 2.14. The van der Waals surface area contributed by atoms with E-state index in [4.69, 9.17) is 21.5 Å². The number of carbonyl (C=O) groups excluding carboxylic acids is 2. The molecule has 3 aromatic rings. The molecule has 0 radical (unpaired) electrons. The summed E-state index contributed by atoms with van der Waals surface area (Å²) in [5, 5.41) is 9.01. The summed E-state index contributed by atoms with van der Waals surface area (Å²) in [6, 6.07) is 17.2. The Morgan fingerprint density at radius 1 is 1.03 bits per heavy atom. The van der Waals surface area contributed by atoms with Gasteiger partial charge in [-0.1, -0.05) is 35.5 Å². The number of rotatable bonds is 12. The van der Waals surface area contributed by atoms with Crippen molar-refractivity contribution in [3.63, 3.8) is 0 Å². The molecule has 0 unspecified atom stereocenters. The molecule has 0 bridgehead atoms. The second-order valence-electron chi connectivity index (χ2n) is 8.12. The predicted molar refractivity (Wildman–Crippen MR) is 142 cm³/mol. The van der Waals surface area contributed by atoms with Gasteiger partial charge < -0.3 is 19.9 Å². The second-order valence-corrected chi connectivity index (χ2v) is 10.2. The zero-order valence-electron chi connectivity index (χ0n) is 20.2. The summed E-state index contributed by atoms with van der Waals surface area (Å²) in [7, 11) is -3.84. The third kappa shape index (κ3) is 9.66. The van der Waals surface area contributed by atoms with E-state index in [1.165, 1.54) is 35.9 Å². The number of sulfonamides is 1. The number of esters is 1. The Morgan fingerprint density at radius 3 is 2.43 bits per heavy atom.